The van der Waals surface area contributed by atoms with E-state index in [1.165, 1.54) is 10.4 Å². The smallest absolute Gasteiger partial charge is 0.186 e. The average Bonchev–Trinajstić information content (AvgIpc) is 3.17. The first-order valence-corrected chi connectivity index (χ1v) is 7.66. The average molecular weight is 294 g/mol. The summed E-state index contributed by atoms with van der Waals surface area (Å²) in [6, 6.07) is 14.4. The minimum Gasteiger partial charge on any atom is -0.216 e. The van der Waals surface area contributed by atoms with Crippen LogP contribution in [0.5, 0.6) is 0 Å². The van der Waals surface area contributed by atoms with Crippen LogP contribution in [0, 0.1) is 11.3 Å². The van der Waals surface area contributed by atoms with E-state index in [2.05, 4.69) is 41.5 Å². The molecule has 3 rings (SSSR count). The predicted molar refractivity (Wildman–Crippen MR) is 82.6 cm³/mol. The molecule has 0 bridgehead atoms. The summed E-state index contributed by atoms with van der Waals surface area (Å²) < 4.78 is 1.76. The number of hydrogen-bond donors (Lipinski definition) is 0. The fourth-order valence-corrected chi connectivity index (χ4v) is 2.91. The minimum absolute atomic E-state index is 0.392. The van der Waals surface area contributed by atoms with Crippen molar-refractivity contribution in [2.45, 2.75) is 19.8 Å². The highest BCUT2D eigenvalue weighted by Crippen LogP contribution is 2.20. The molecule has 0 fully saturated rings. The molecule has 0 spiro atoms. The van der Waals surface area contributed by atoms with Gasteiger partial charge in [0.1, 0.15) is 6.07 Å². The zero-order valence-electron chi connectivity index (χ0n) is 11.7. The highest BCUT2D eigenvalue weighted by molar-refractivity contribution is 7.09. The normalized spacial score (nSPS) is 10.5. The van der Waals surface area contributed by atoms with Crippen molar-refractivity contribution in [3.63, 3.8) is 0 Å². The fraction of sp³-hybridized carbons (Fsp3) is 0.188. The molecular weight excluding hydrogens is 280 g/mol. The molecule has 2 heterocycles. The first kappa shape index (κ1) is 13.5. The maximum Gasteiger partial charge on any atom is 0.186 e. The third-order valence-electron chi connectivity index (χ3n) is 3.38. The van der Waals surface area contributed by atoms with Gasteiger partial charge in [-0.05, 0) is 35.6 Å². The van der Waals surface area contributed by atoms with Crippen molar-refractivity contribution in [1.29, 1.82) is 5.26 Å². The highest BCUT2D eigenvalue weighted by atomic mass is 32.1. The molecule has 0 saturated heterocycles. The van der Waals surface area contributed by atoms with Gasteiger partial charge < -0.3 is 0 Å². The number of thiophene rings is 1. The molecule has 104 valence electrons. The summed E-state index contributed by atoms with van der Waals surface area (Å²) in [5.41, 5.74) is 3.44. The van der Waals surface area contributed by atoms with Gasteiger partial charge >= 0.3 is 0 Å². The SMILES string of the molecule is CCc1ccc(-n2nnc(C#N)c2Cc2cccs2)cc1. The molecule has 4 nitrogen and oxygen atoms in total. The number of rotatable bonds is 4. The van der Waals surface area contributed by atoms with E-state index in [9.17, 15) is 5.26 Å². The van der Waals surface area contributed by atoms with Crippen LogP contribution in [0.25, 0.3) is 5.69 Å². The number of aromatic nitrogens is 3. The molecule has 5 heteroatoms. The van der Waals surface area contributed by atoms with E-state index in [0.29, 0.717) is 12.1 Å². The molecule has 1 aromatic carbocycles. The Balaban J connectivity index is 2.01. The Morgan fingerprint density at radius 2 is 2.05 bits per heavy atom. The topological polar surface area (TPSA) is 54.5 Å². The second-order valence-corrected chi connectivity index (χ2v) is 5.72. The highest BCUT2D eigenvalue weighted by Gasteiger charge is 2.15. The van der Waals surface area contributed by atoms with Gasteiger partial charge in [0.25, 0.3) is 0 Å². The Bertz CT molecular complexity index is 764. The van der Waals surface area contributed by atoms with Crippen LogP contribution in [-0.4, -0.2) is 15.0 Å². The van der Waals surface area contributed by atoms with Crippen molar-refractivity contribution in [1.82, 2.24) is 15.0 Å². The summed E-state index contributed by atoms with van der Waals surface area (Å²) in [5, 5.41) is 19.4. The van der Waals surface area contributed by atoms with Crippen LogP contribution < -0.4 is 0 Å². The number of nitriles is 1. The van der Waals surface area contributed by atoms with Gasteiger partial charge in [0.2, 0.25) is 0 Å². The van der Waals surface area contributed by atoms with E-state index >= 15 is 0 Å². The van der Waals surface area contributed by atoms with E-state index < -0.39 is 0 Å². The Labute approximate surface area is 127 Å². The number of aryl methyl sites for hydroxylation is 1. The van der Waals surface area contributed by atoms with Gasteiger partial charge in [-0.3, -0.25) is 0 Å². The fourth-order valence-electron chi connectivity index (χ4n) is 2.21. The summed E-state index contributed by atoms with van der Waals surface area (Å²) in [6.07, 6.45) is 1.67. The Morgan fingerprint density at radius 3 is 2.67 bits per heavy atom. The van der Waals surface area contributed by atoms with Crippen LogP contribution in [0.4, 0.5) is 0 Å². The molecule has 0 N–H and O–H groups in total. The van der Waals surface area contributed by atoms with Crippen LogP contribution in [0.2, 0.25) is 0 Å². The number of nitrogens with zero attached hydrogens (tertiary/aromatic N) is 4. The van der Waals surface area contributed by atoms with Crippen molar-refractivity contribution < 1.29 is 0 Å². The maximum atomic E-state index is 9.23. The first-order valence-electron chi connectivity index (χ1n) is 6.78. The third kappa shape index (κ3) is 2.71. The van der Waals surface area contributed by atoms with Crippen molar-refractivity contribution >= 4 is 11.3 Å². The molecule has 21 heavy (non-hydrogen) atoms. The van der Waals surface area contributed by atoms with Crippen LogP contribution in [-0.2, 0) is 12.8 Å². The number of benzene rings is 1. The third-order valence-corrected chi connectivity index (χ3v) is 4.26. The molecule has 2 aromatic heterocycles. The van der Waals surface area contributed by atoms with Gasteiger partial charge in [0, 0.05) is 11.3 Å². The molecule has 0 saturated carbocycles. The summed E-state index contributed by atoms with van der Waals surface area (Å²) >= 11 is 1.67. The molecule has 3 aromatic rings. The van der Waals surface area contributed by atoms with E-state index in [1.54, 1.807) is 16.0 Å². The quantitative estimate of drug-likeness (QED) is 0.741. The predicted octanol–water partition coefficient (Wildman–Crippen LogP) is 3.35. The van der Waals surface area contributed by atoms with E-state index in [4.69, 9.17) is 0 Å². The Hall–Kier alpha value is -2.45. The lowest BCUT2D eigenvalue weighted by molar-refractivity contribution is 0.773. The minimum atomic E-state index is 0.392. The van der Waals surface area contributed by atoms with E-state index in [1.807, 2.05) is 23.6 Å². The lowest BCUT2D eigenvalue weighted by Crippen LogP contribution is -2.03. The molecule has 0 atom stereocenters. The second kappa shape index (κ2) is 5.90. The first-order chi connectivity index (χ1) is 10.3. The zero-order valence-corrected chi connectivity index (χ0v) is 12.5. The summed E-state index contributed by atoms with van der Waals surface area (Å²) in [5.74, 6) is 0. The van der Waals surface area contributed by atoms with Crippen LogP contribution in [0.3, 0.4) is 0 Å². The Morgan fingerprint density at radius 1 is 1.24 bits per heavy atom. The van der Waals surface area contributed by atoms with Gasteiger partial charge in [-0.15, -0.1) is 16.4 Å². The summed E-state index contributed by atoms with van der Waals surface area (Å²) in [4.78, 5) is 1.19. The maximum absolute atomic E-state index is 9.23. The summed E-state index contributed by atoms with van der Waals surface area (Å²) in [6.45, 7) is 2.13. The number of hydrogen-bond acceptors (Lipinski definition) is 4. The van der Waals surface area contributed by atoms with Crippen molar-refractivity contribution in [2.24, 2.45) is 0 Å². The van der Waals surface area contributed by atoms with Crippen LogP contribution in [0.1, 0.15) is 28.8 Å². The van der Waals surface area contributed by atoms with E-state index in [-0.39, 0.29) is 0 Å². The Kier molecular flexibility index (Phi) is 3.80. The van der Waals surface area contributed by atoms with Crippen molar-refractivity contribution in [3.05, 3.63) is 63.6 Å². The standard InChI is InChI=1S/C16H14N4S/c1-2-12-5-7-13(8-6-12)20-16(15(11-17)18-19-20)10-14-4-3-9-21-14/h3-9H,2,10H2,1H3. The second-order valence-electron chi connectivity index (χ2n) is 4.68. The zero-order chi connectivity index (χ0) is 14.7. The molecule has 0 unspecified atom stereocenters. The molecule has 0 amide bonds. The molecule has 0 radical (unpaired) electrons. The lowest BCUT2D eigenvalue weighted by atomic mass is 10.1. The van der Waals surface area contributed by atoms with Crippen LogP contribution >= 0.6 is 11.3 Å². The van der Waals surface area contributed by atoms with Crippen LogP contribution in [0.15, 0.2) is 41.8 Å². The molecule has 0 aliphatic carbocycles. The van der Waals surface area contributed by atoms with Gasteiger partial charge in [-0.1, -0.05) is 30.3 Å². The summed E-state index contributed by atoms with van der Waals surface area (Å²) in [7, 11) is 0. The van der Waals surface area contributed by atoms with Gasteiger partial charge in [-0.2, -0.15) is 5.26 Å². The van der Waals surface area contributed by atoms with Crippen molar-refractivity contribution in [2.75, 3.05) is 0 Å². The van der Waals surface area contributed by atoms with Gasteiger partial charge in [0.15, 0.2) is 5.69 Å². The molecular formula is C16H14N4S. The monoisotopic (exact) mass is 294 g/mol. The lowest BCUT2D eigenvalue weighted by Gasteiger charge is -2.06. The molecule has 0 aliphatic heterocycles. The van der Waals surface area contributed by atoms with Crippen molar-refractivity contribution in [3.8, 4) is 11.8 Å². The molecule has 0 aliphatic rings. The largest absolute Gasteiger partial charge is 0.216 e. The van der Waals surface area contributed by atoms with Gasteiger partial charge in [0.05, 0.1) is 11.4 Å². The van der Waals surface area contributed by atoms with Gasteiger partial charge in [-0.25, -0.2) is 4.68 Å². The van der Waals surface area contributed by atoms with E-state index in [0.717, 1.165) is 17.8 Å².